The van der Waals surface area contributed by atoms with Gasteiger partial charge in [-0.3, -0.25) is 0 Å². The molecule has 0 bridgehead atoms. The lowest BCUT2D eigenvalue weighted by Gasteiger charge is -2.32. The summed E-state index contributed by atoms with van der Waals surface area (Å²) < 4.78 is 0. The number of aliphatic hydroxyl groups excluding tert-OH is 1. The Labute approximate surface area is 109 Å². The predicted molar refractivity (Wildman–Crippen MR) is 73.8 cm³/mol. The fourth-order valence-electron chi connectivity index (χ4n) is 2.50. The molecule has 0 aliphatic carbocycles. The molecule has 0 aromatic heterocycles. The Bertz CT molecular complexity index is 403. The minimum absolute atomic E-state index is 0.377. The third-order valence-corrected chi connectivity index (χ3v) is 3.84. The molecule has 1 heterocycles. The molecule has 2 N–H and O–H groups in total. The van der Waals surface area contributed by atoms with Crippen molar-refractivity contribution < 1.29 is 10.2 Å². The summed E-state index contributed by atoms with van der Waals surface area (Å²) in [7, 11) is 0. The van der Waals surface area contributed by atoms with Gasteiger partial charge in [0.15, 0.2) is 0 Å². The SMILES string of the molecule is CCC(C)(O)CN1CCCC(O)c2ccccc21. The third kappa shape index (κ3) is 2.85. The van der Waals surface area contributed by atoms with E-state index >= 15 is 0 Å². The third-order valence-electron chi connectivity index (χ3n) is 3.84. The normalized spacial score (nSPS) is 23.1. The molecular weight excluding hydrogens is 226 g/mol. The molecule has 1 aromatic rings. The molecule has 3 nitrogen and oxygen atoms in total. The van der Waals surface area contributed by atoms with Gasteiger partial charge >= 0.3 is 0 Å². The molecule has 1 aliphatic rings. The van der Waals surface area contributed by atoms with Crippen molar-refractivity contribution in [1.29, 1.82) is 0 Å². The molecule has 2 unspecified atom stereocenters. The average Bonchev–Trinajstić information content (AvgIpc) is 2.51. The van der Waals surface area contributed by atoms with Crippen LogP contribution in [-0.4, -0.2) is 28.9 Å². The lowest BCUT2D eigenvalue weighted by atomic mass is 10.0. The Morgan fingerprint density at radius 1 is 1.39 bits per heavy atom. The van der Waals surface area contributed by atoms with Crippen molar-refractivity contribution in [2.45, 2.75) is 44.8 Å². The predicted octanol–water partition coefficient (Wildman–Crippen LogP) is 2.48. The molecule has 1 aliphatic heterocycles. The first kappa shape index (κ1) is 13.4. The van der Waals surface area contributed by atoms with Gasteiger partial charge in [0.2, 0.25) is 0 Å². The second kappa shape index (κ2) is 5.29. The highest BCUT2D eigenvalue weighted by Gasteiger charge is 2.26. The van der Waals surface area contributed by atoms with Crippen LogP contribution in [0.5, 0.6) is 0 Å². The van der Waals surface area contributed by atoms with Gasteiger partial charge in [0.1, 0.15) is 0 Å². The van der Waals surface area contributed by atoms with Crippen LogP contribution in [0.15, 0.2) is 24.3 Å². The lowest BCUT2D eigenvalue weighted by Crippen LogP contribution is -2.41. The zero-order valence-electron chi connectivity index (χ0n) is 11.3. The van der Waals surface area contributed by atoms with E-state index < -0.39 is 5.60 Å². The number of β-amino-alcohol motifs (C(OH)–C–C–N with tert-alkyl or cyclic N) is 1. The molecule has 0 amide bonds. The minimum atomic E-state index is -0.678. The Balaban J connectivity index is 2.29. The number of para-hydroxylation sites is 1. The van der Waals surface area contributed by atoms with E-state index in [-0.39, 0.29) is 6.10 Å². The largest absolute Gasteiger partial charge is 0.388 e. The van der Waals surface area contributed by atoms with E-state index in [1.807, 2.05) is 38.1 Å². The topological polar surface area (TPSA) is 43.7 Å². The molecule has 100 valence electrons. The van der Waals surface area contributed by atoms with Gasteiger partial charge in [-0.2, -0.15) is 0 Å². The van der Waals surface area contributed by atoms with Crippen molar-refractivity contribution >= 4 is 5.69 Å². The molecule has 2 atom stereocenters. The summed E-state index contributed by atoms with van der Waals surface area (Å²) in [5.41, 5.74) is 1.38. The Hall–Kier alpha value is -1.06. The highest BCUT2D eigenvalue weighted by molar-refractivity contribution is 5.55. The van der Waals surface area contributed by atoms with Crippen LogP contribution in [0.3, 0.4) is 0 Å². The smallest absolute Gasteiger partial charge is 0.0810 e. The van der Waals surface area contributed by atoms with E-state index in [1.165, 1.54) is 0 Å². The summed E-state index contributed by atoms with van der Waals surface area (Å²) in [5, 5.41) is 20.4. The summed E-state index contributed by atoms with van der Waals surface area (Å²) in [6.07, 6.45) is 2.10. The van der Waals surface area contributed by atoms with E-state index in [9.17, 15) is 10.2 Å². The van der Waals surface area contributed by atoms with Gasteiger partial charge in [-0.05, 0) is 32.3 Å². The Kier molecular flexibility index (Phi) is 3.93. The molecule has 0 fully saturated rings. The van der Waals surface area contributed by atoms with Crippen LogP contribution in [-0.2, 0) is 0 Å². The summed E-state index contributed by atoms with van der Waals surface area (Å²) in [5.74, 6) is 0. The highest BCUT2D eigenvalue weighted by Crippen LogP contribution is 2.33. The van der Waals surface area contributed by atoms with Crippen LogP contribution in [0.2, 0.25) is 0 Å². The summed E-state index contributed by atoms with van der Waals surface area (Å²) in [4.78, 5) is 2.20. The highest BCUT2D eigenvalue weighted by atomic mass is 16.3. The average molecular weight is 249 g/mol. The van der Waals surface area contributed by atoms with E-state index in [4.69, 9.17) is 0 Å². The molecule has 0 saturated heterocycles. The van der Waals surface area contributed by atoms with Gasteiger partial charge in [0.25, 0.3) is 0 Å². The number of rotatable bonds is 3. The van der Waals surface area contributed by atoms with Gasteiger partial charge < -0.3 is 15.1 Å². The van der Waals surface area contributed by atoms with E-state index in [0.29, 0.717) is 6.54 Å². The fraction of sp³-hybridized carbons (Fsp3) is 0.600. The van der Waals surface area contributed by atoms with Crippen LogP contribution < -0.4 is 4.90 Å². The molecule has 3 heteroatoms. The number of hydrogen-bond donors (Lipinski definition) is 2. The van der Waals surface area contributed by atoms with Crippen LogP contribution in [0.1, 0.15) is 44.8 Å². The molecule has 1 aromatic carbocycles. The van der Waals surface area contributed by atoms with Crippen LogP contribution in [0, 0.1) is 0 Å². The van der Waals surface area contributed by atoms with Gasteiger partial charge in [0.05, 0.1) is 11.7 Å². The van der Waals surface area contributed by atoms with E-state index in [2.05, 4.69) is 4.90 Å². The quantitative estimate of drug-likeness (QED) is 0.865. The van der Waals surface area contributed by atoms with Crippen molar-refractivity contribution in [2.24, 2.45) is 0 Å². The van der Waals surface area contributed by atoms with E-state index in [1.54, 1.807) is 0 Å². The summed E-state index contributed by atoms with van der Waals surface area (Å²) in [6, 6.07) is 7.97. The molecule has 0 radical (unpaired) electrons. The monoisotopic (exact) mass is 249 g/mol. The van der Waals surface area contributed by atoms with Gasteiger partial charge in [-0.25, -0.2) is 0 Å². The van der Waals surface area contributed by atoms with Crippen molar-refractivity contribution in [2.75, 3.05) is 18.0 Å². The van der Waals surface area contributed by atoms with Gasteiger partial charge in [-0.15, -0.1) is 0 Å². The lowest BCUT2D eigenvalue weighted by molar-refractivity contribution is 0.0630. The maximum Gasteiger partial charge on any atom is 0.0810 e. The zero-order chi connectivity index (χ0) is 13.2. The Morgan fingerprint density at radius 3 is 2.83 bits per heavy atom. The Morgan fingerprint density at radius 2 is 2.11 bits per heavy atom. The van der Waals surface area contributed by atoms with Crippen molar-refractivity contribution in [3.05, 3.63) is 29.8 Å². The summed E-state index contributed by atoms with van der Waals surface area (Å²) >= 11 is 0. The molecule has 0 saturated carbocycles. The number of benzene rings is 1. The summed E-state index contributed by atoms with van der Waals surface area (Å²) in [6.45, 7) is 5.38. The molecule has 18 heavy (non-hydrogen) atoms. The van der Waals surface area contributed by atoms with E-state index in [0.717, 1.165) is 37.1 Å². The van der Waals surface area contributed by atoms with Gasteiger partial charge in [0, 0.05) is 24.3 Å². The number of aliphatic hydroxyl groups is 2. The molecular formula is C15H23NO2. The fourth-order valence-corrected chi connectivity index (χ4v) is 2.50. The zero-order valence-corrected chi connectivity index (χ0v) is 11.3. The first-order valence-corrected chi connectivity index (χ1v) is 6.78. The minimum Gasteiger partial charge on any atom is -0.388 e. The van der Waals surface area contributed by atoms with Gasteiger partial charge in [-0.1, -0.05) is 25.1 Å². The first-order chi connectivity index (χ1) is 8.53. The van der Waals surface area contributed by atoms with Crippen LogP contribution in [0.4, 0.5) is 5.69 Å². The molecule has 0 spiro atoms. The number of hydrogen-bond acceptors (Lipinski definition) is 3. The standard InChI is InChI=1S/C15H23NO2/c1-3-15(2,18)11-16-10-6-9-14(17)12-7-4-5-8-13(12)16/h4-5,7-8,14,17-18H,3,6,9-11H2,1-2H3. The second-order valence-corrected chi connectivity index (χ2v) is 5.49. The number of nitrogens with zero attached hydrogens (tertiary/aromatic N) is 1. The van der Waals surface area contributed by atoms with Crippen molar-refractivity contribution in [1.82, 2.24) is 0 Å². The second-order valence-electron chi connectivity index (χ2n) is 5.49. The maximum absolute atomic E-state index is 10.3. The number of fused-ring (bicyclic) bond motifs is 1. The van der Waals surface area contributed by atoms with Crippen molar-refractivity contribution in [3.63, 3.8) is 0 Å². The molecule has 2 rings (SSSR count). The first-order valence-electron chi connectivity index (χ1n) is 6.78. The number of anilines is 1. The van der Waals surface area contributed by atoms with Crippen LogP contribution in [0.25, 0.3) is 0 Å². The van der Waals surface area contributed by atoms with Crippen LogP contribution >= 0.6 is 0 Å². The maximum atomic E-state index is 10.3. The van der Waals surface area contributed by atoms with Crippen molar-refractivity contribution in [3.8, 4) is 0 Å².